The second-order valence-corrected chi connectivity index (χ2v) is 5.92. The molecule has 2 N–H and O–H groups in total. The highest BCUT2D eigenvalue weighted by Crippen LogP contribution is 2.21. The highest BCUT2D eigenvalue weighted by Gasteiger charge is 2.07. The summed E-state index contributed by atoms with van der Waals surface area (Å²) in [4.78, 5) is 0. The van der Waals surface area contributed by atoms with Crippen molar-refractivity contribution in [3.05, 3.63) is 65.7 Å². The van der Waals surface area contributed by atoms with Crippen LogP contribution in [0.2, 0.25) is 0 Å². The van der Waals surface area contributed by atoms with Crippen LogP contribution in [0.5, 0.6) is 5.75 Å². The van der Waals surface area contributed by atoms with Crippen LogP contribution in [0.3, 0.4) is 0 Å². The standard InChI is InChI=1S/C19H25NO.ClH/c1-15(2)8-13-19(20)17-9-11-18(12-10-17)21-14-16-6-4-3-5-7-16;/h3-7,9-12,15,19H,8,13-14,20H2,1-2H3;1H/t19-;/m0./s1. The van der Waals surface area contributed by atoms with Gasteiger partial charge in [-0.05, 0) is 42.0 Å². The van der Waals surface area contributed by atoms with Gasteiger partial charge in [0.25, 0.3) is 0 Å². The Hall–Kier alpha value is -1.51. The van der Waals surface area contributed by atoms with E-state index in [4.69, 9.17) is 10.5 Å². The highest BCUT2D eigenvalue weighted by atomic mass is 35.5. The average molecular weight is 320 g/mol. The van der Waals surface area contributed by atoms with Gasteiger partial charge in [-0.2, -0.15) is 0 Å². The van der Waals surface area contributed by atoms with Gasteiger partial charge in [-0.3, -0.25) is 0 Å². The predicted octanol–water partition coefficient (Wildman–Crippen LogP) is 5.12. The molecule has 0 saturated carbocycles. The summed E-state index contributed by atoms with van der Waals surface area (Å²) in [6.45, 7) is 5.06. The van der Waals surface area contributed by atoms with Gasteiger partial charge >= 0.3 is 0 Å². The van der Waals surface area contributed by atoms with Crippen LogP contribution in [0.1, 0.15) is 43.9 Å². The number of hydrogen-bond donors (Lipinski definition) is 1. The van der Waals surface area contributed by atoms with Crippen molar-refractivity contribution in [1.82, 2.24) is 0 Å². The maximum Gasteiger partial charge on any atom is 0.119 e. The molecule has 0 saturated heterocycles. The van der Waals surface area contributed by atoms with Crippen molar-refractivity contribution >= 4 is 12.4 Å². The monoisotopic (exact) mass is 319 g/mol. The molecular weight excluding hydrogens is 294 g/mol. The van der Waals surface area contributed by atoms with Crippen LogP contribution in [0.25, 0.3) is 0 Å². The summed E-state index contributed by atoms with van der Waals surface area (Å²) in [5.41, 5.74) is 8.58. The largest absolute Gasteiger partial charge is 0.489 e. The summed E-state index contributed by atoms with van der Waals surface area (Å²) >= 11 is 0. The third-order valence-corrected chi connectivity index (χ3v) is 3.61. The molecule has 0 spiro atoms. The van der Waals surface area contributed by atoms with E-state index in [0.717, 1.165) is 18.6 Å². The lowest BCUT2D eigenvalue weighted by Crippen LogP contribution is -2.11. The van der Waals surface area contributed by atoms with Gasteiger partial charge in [-0.1, -0.05) is 56.3 Å². The van der Waals surface area contributed by atoms with E-state index >= 15 is 0 Å². The summed E-state index contributed by atoms with van der Waals surface area (Å²) in [6, 6.07) is 18.5. The quantitative estimate of drug-likeness (QED) is 0.768. The molecule has 22 heavy (non-hydrogen) atoms. The Morgan fingerprint density at radius 1 is 0.909 bits per heavy atom. The van der Waals surface area contributed by atoms with Crippen molar-refractivity contribution < 1.29 is 4.74 Å². The van der Waals surface area contributed by atoms with E-state index in [1.165, 1.54) is 11.1 Å². The van der Waals surface area contributed by atoms with E-state index < -0.39 is 0 Å². The minimum atomic E-state index is 0. The lowest BCUT2D eigenvalue weighted by Gasteiger charge is -2.14. The molecule has 0 aromatic heterocycles. The summed E-state index contributed by atoms with van der Waals surface area (Å²) in [5.74, 6) is 1.59. The molecule has 2 rings (SSSR count). The zero-order valence-corrected chi connectivity index (χ0v) is 14.2. The Balaban J connectivity index is 0.00000242. The third-order valence-electron chi connectivity index (χ3n) is 3.61. The zero-order valence-electron chi connectivity index (χ0n) is 13.4. The fourth-order valence-corrected chi connectivity index (χ4v) is 2.23. The van der Waals surface area contributed by atoms with Gasteiger partial charge in [-0.15, -0.1) is 12.4 Å². The maximum atomic E-state index is 6.22. The molecule has 0 radical (unpaired) electrons. The average Bonchev–Trinajstić information content (AvgIpc) is 2.52. The molecule has 0 heterocycles. The normalized spacial score (nSPS) is 11.8. The number of nitrogens with two attached hydrogens (primary N) is 1. The van der Waals surface area contributed by atoms with Crippen LogP contribution in [0, 0.1) is 5.92 Å². The molecule has 0 fully saturated rings. The van der Waals surface area contributed by atoms with Gasteiger partial charge in [-0.25, -0.2) is 0 Å². The summed E-state index contributed by atoms with van der Waals surface area (Å²) < 4.78 is 5.78. The molecule has 0 amide bonds. The van der Waals surface area contributed by atoms with Crippen molar-refractivity contribution in [3.8, 4) is 5.75 Å². The first-order valence-corrected chi connectivity index (χ1v) is 7.67. The number of ether oxygens (including phenoxy) is 1. The minimum Gasteiger partial charge on any atom is -0.489 e. The van der Waals surface area contributed by atoms with Crippen LogP contribution < -0.4 is 10.5 Å². The van der Waals surface area contributed by atoms with Crippen LogP contribution in [-0.2, 0) is 6.61 Å². The van der Waals surface area contributed by atoms with Crippen LogP contribution in [0.15, 0.2) is 54.6 Å². The van der Waals surface area contributed by atoms with Crippen LogP contribution in [-0.4, -0.2) is 0 Å². The Kier molecular flexibility index (Phi) is 8.00. The molecule has 1 atom stereocenters. The number of halogens is 1. The van der Waals surface area contributed by atoms with Gasteiger partial charge in [0.1, 0.15) is 12.4 Å². The lowest BCUT2D eigenvalue weighted by atomic mass is 9.98. The van der Waals surface area contributed by atoms with Gasteiger partial charge in [0.2, 0.25) is 0 Å². The number of rotatable bonds is 7. The first-order chi connectivity index (χ1) is 10.1. The zero-order chi connectivity index (χ0) is 15.1. The second kappa shape index (κ2) is 9.50. The maximum absolute atomic E-state index is 6.22. The van der Waals surface area contributed by atoms with Crippen molar-refractivity contribution in [2.75, 3.05) is 0 Å². The van der Waals surface area contributed by atoms with E-state index in [9.17, 15) is 0 Å². The molecular formula is C19H26ClNO. The lowest BCUT2D eigenvalue weighted by molar-refractivity contribution is 0.306. The van der Waals surface area contributed by atoms with Crippen molar-refractivity contribution in [3.63, 3.8) is 0 Å². The molecule has 120 valence electrons. The van der Waals surface area contributed by atoms with E-state index in [0.29, 0.717) is 12.5 Å². The predicted molar refractivity (Wildman–Crippen MR) is 95.5 cm³/mol. The molecule has 0 aliphatic heterocycles. The summed E-state index contributed by atoms with van der Waals surface area (Å²) in [6.07, 6.45) is 2.19. The Morgan fingerprint density at radius 3 is 2.14 bits per heavy atom. The number of benzene rings is 2. The van der Waals surface area contributed by atoms with E-state index in [1.54, 1.807) is 0 Å². The molecule has 0 aliphatic carbocycles. The second-order valence-electron chi connectivity index (χ2n) is 5.92. The molecule has 3 heteroatoms. The fourth-order valence-electron chi connectivity index (χ4n) is 2.23. The van der Waals surface area contributed by atoms with E-state index in [1.807, 2.05) is 30.3 Å². The molecule has 0 unspecified atom stereocenters. The van der Waals surface area contributed by atoms with Crippen molar-refractivity contribution in [2.24, 2.45) is 11.7 Å². The summed E-state index contributed by atoms with van der Waals surface area (Å²) in [7, 11) is 0. The van der Waals surface area contributed by atoms with Crippen LogP contribution in [0.4, 0.5) is 0 Å². The molecule has 2 nitrogen and oxygen atoms in total. The first-order valence-electron chi connectivity index (χ1n) is 7.67. The SMILES string of the molecule is CC(C)CC[C@H](N)c1ccc(OCc2ccccc2)cc1.Cl. The van der Waals surface area contributed by atoms with Crippen molar-refractivity contribution in [1.29, 1.82) is 0 Å². The summed E-state index contributed by atoms with van der Waals surface area (Å²) in [5, 5.41) is 0. The number of hydrogen-bond acceptors (Lipinski definition) is 2. The van der Waals surface area contributed by atoms with Gasteiger partial charge < -0.3 is 10.5 Å². The third kappa shape index (κ3) is 6.08. The minimum absolute atomic E-state index is 0. The first kappa shape index (κ1) is 18.5. The molecule has 0 bridgehead atoms. The molecule has 0 aliphatic rings. The van der Waals surface area contributed by atoms with Crippen molar-refractivity contribution in [2.45, 2.75) is 39.3 Å². The van der Waals surface area contributed by atoms with E-state index in [2.05, 4.69) is 38.1 Å². The Morgan fingerprint density at radius 2 is 1.55 bits per heavy atom. The Labute approximate surface area is 140 Å². The van der Waals surface area contributed by atoms with E-state index in [-0.39, 0.29) is 18.4 Å². The Bertz CT molecular complexity index is 525. The molecule has 2 aromatic rings. The van der Waals surface area contributed by atoms with Gasteiger partial charge in [0, 0.05) is 6.04 Å². The van der Waals surface area contributed by atoms with Crippen LogP contribution >= 0.6 is 12.4 Å². The fraction of sp³-hybridized carbons (Fsp3) is 0.368. The van der Waals surface area contributed by atoms with Gasteiger partial charge in [0.05, 0.1) is 0 Å². The van der Waals surface area contributed by atoms with Gasteiger partial charge in [0.15, 0.2) is 0 Å². The smallest absolute Gasteiger partial charge is 0.119 e. The highest BCUT2D eigenvalue weighted by molar-refractivity contribution is 5.85. The topological polar surface area (TPSA) is 35.2 Å². The molecule has 2 aromatic carbocycles.